The summed E-state index contributed by atoms with van der Waals surface area (Å²) in [5, 5.41) is 37.4. The number of nitro benzene ring substituents is 2. The summed E-state index contributed by atoms with van der Waals surface area (Å²) in [7, 11) is 1.39. The quantitative estimate of drug-likeness (QED) is 0.323. The maximum absolute atomic E-state index is 12.1. The number of amides is 2. The highest BCUT2D eigenvalue weighted by molar-refractivity contribution is 5.98. The number of hydrazone groups is 1. The molecule has 0 atom stereocenters. The van der Waals surface area contributed by atoms with E-state index >= 15 is 0 Å². The number of phenols is 1. The molecular weight excluding hydrogens is 402 g/mol. The normalized spacial score (nSPS) is 10.4. The summed E-state index contributed by atoms with van der Waals surface area (Å²) in [6.07, 6.45) is 0.801. The van der Waals surface area contributed by atoms with Crippen LogP contribution in [0, 0.1) is 20.2 Å². The lowest BCUT2D eigenvalue weighted by atomic mass is 10.1. The number of ether oxygens (including phenoxy) is 1. The van der Waals surface area contributed by atoms with Crippen LogP contribution >= 0.6 is 0 Å². The lowest BCUT2D eigenvalue weighted by molar-refractivity contribution is -0.394. The van der Waals surface area contributed by atoms with E-state index < -0.39 is 45.3 Å². The second-order valence-electron chi connectivity index (χ2n) is 5.59. The van der Waals surface area contributed by atoms with Gasteiger partial charge >= 0.3 is 5.69 Å². The van der Waals surface area contributed by atoms with Crippen LogP contribution in [0.2, 0.25) is 0 Å². The van der Waals surface area contributed by atoms with E-state index in [-0.39, 0.29) is 11.1 Å². The van der Waals surface area contributed by atoms with Crippen LogP contribution in [-0.2, 0) is 4.79 Å². The maximum atomic E-state index is 12.1. The van der Waals surface area contributed by atoms with Crippen LogP contribution in [0.5, 0.6) is 11.5 Å². The minimum Gasteiger partial charge on any atom is -0.502 e. The number of nitrogens with zero attached hydrogens (tertiary/aromatic N) is 3. The largest absolute Gasteiger partial charge is 0.502 e. The molecule has 0 spiro atoms. The first-order valence-corrected chi connectivity index (χ1v) is 8.13. The molecule has 0 heterocycles. The van der Waals surface area contributed by atoms with Crippen molar-refractivity contribution in [2.75, 3.05) is 13.7 Å². The molecule has 0 aliphatic heterocycles. The number of nitrogens with one attached hydrogen (secondary N) is 2. The van der Waals surface area contributed by atoms with Gasteiger partial charge in [0.2, 0.25) is 5.75 Å². The van der Waals surface area contributed by atoms with Gasteiger partial charge < -0.3 is 15.2 Å². The van der Waals surface area contributed by atoms with Crippen molar-refractivity contribution in [3.8, 4) is 11.5 Å². The summed E-state index contributed by atoms with van der Waals surface area (Å²) in [4.78, 5) is 43.8. The van der Waals surface area contributed by atoms with Crippen LogP contribution in [0.25, 0.3) is 0 Å². The molecule has 3 N–H and O–H groups in total. The summed E-state index contributed by atoms with van der Waals surface area (Å²) in [6, 6.07) is 7.81. The Morgan fingerprint density at radius 1 is 1.20 bits per heavy atom. The molecule has 0 bridgehead atoms. The van der Waals surface area contributed by atoms with Crippen molar-refractivity contribution >= 4 is 29.4 Å². The highest BCUT2D eigenvalue weighted by Crippen LogP contribution is 2.33. The molecule has 13 nitrogen and oxygen atoms in total. The van der Waals surface area contributed by atoms with Crippen molar-refractivity contribution in [2.24, 2.45) is 5.10 Å². The fourth-order valence-corrected chi connectivity index (χ4v) is 2.27. The Hall–Kier alpha value is -4.55. The molecule has 0 radical (unpaired) electrons. The minimum absolute atomic E-state index is 0.213. The Morgan fingerprint density at radius 2 is 1.90 bits per heavy atom. The zero-order valence-corrected chi connectivity index (χ0v) is 15.4. The number of non-ortho nitro benzene ring substituents is 1. The van der Waals surface area contributed by atoms with E-state index in [9.17, 15) is 34.9 Å². The Kier molecular flexibility index (Phi) is 6.95. The van der Waals surface area contributed by atoms with Gasteiger partial charge in [0.25, 0.3) is 17.5 Å². The highest BCUT2D eigenvalue weighted by Gasteiger charge is 2.23. The van der Waals surface area contributed by atoms with E-state index in [1.807, 2.05) is 5.43 Å². The van der Waals surface area contributed by atoms with Crippen molar-refractivity contribution in [3.63, 3.8) is 0 Å². The van der Waals surface area contributed by atoms with E-state index in [0.717, 1.165) is 12.3 Å². The van der Waals surface area contributed by atoms with Crippen LogP contribution < -0.4 is 15.5 Å². The molecule has 0 aliphatic rings. The minimum atomic E-state index is -0.994. The molecule has 0 unspecified atom stereocenters. The fourth-order valence-electron chi connectivity index (χ4n) is 2.27. The first-order valence-electron chi connectivity index (χ1n) is 8.13. The second-order valence-corrected chi connectivity index (χ2v) is 5.59. The van der Waals surface area contributed by atoms with Gasteiger partial charge in [0.05, 0.1) is 46.9 Å². The number of phenolic OH excluding ortho intramolecular Hbond substituents is 1. The molecular formula is C17H15N5O8. The number of carbonyl (C=O) groups is 2. The van der Waals surface area contributed by atoms with Gasteiger partial charge in [0, 0.05) is 6.07 Å². The number of hydrogen-bond donors (Lipinski definition) is 3. The van der Waals surface area contributed by atoms with E-state index in [1.165, 1.54) is 13.2 Å². The summed E-state index contributed by atoms with van der Waals surface area (Å²) in [5.74, 6) is -1.86. The standard InChI is InChI=1S/C17H15N5O8/c1-30-14-5-3-2-4-12(14)17(25)18-9-15(23)20-19-8-10-6-11(21(26)27)7-13(16(10)24)22(28)29/h2-8,24H,9H2,1H3,(H,18,25)(H,20,23). The molecule has 2 aromatic rings. The van der Waals surface area contributed by atoms with Gasteiger partial charge in [0.1, 0.15) is 5.75 Å². The van der Waals surface area contributed by atoms with Crippen molar-refractivity contribution < 1.29 is 29.3 Å². The van der Waals surface area contributed by atoms with Crippen molar-refractivity contribution in [1.29, 1.82) is 0 Å². The fraction of sp³-hybridized carbons (Fsp3) is 0.118. The average molecular weight is 417 g/mol. The molecule has 0 saturated heterocycles. The number of benzene rings is 2. The topological polar surface area (TPSA) is 186 Å². The van der Waals surface area contributed by atoms with Crippen molar-refractivity contribution in [3.05, 3.63) is 67.8 Å². The molecule has 0 aliphatic carbocycles. The second kappa shape index (κ2) is 9.59. The van der Waals surface area contributed by atoms with Crippen LogP contribution in [0.4, 0.5) is 11.4 Å². The summed E-state index contributed by atoms with van der Waals surface area (Å²) >= 11 is 0. The lowest BCUT2D eigenvalue weighted by Gasteiger charge is -2.08. The first kappa shape index (κ1) is 21.7. The average Bonchev–Trinajstić information content (AvgIpc) is 2.72. The van der Waals surface area contributed by atoms with Crippen LogP contribution in [0.3, 0.4) is 0 Å². The third-order valence-electron chi connectivity index (χ3n) is 3.67. The predicted octanol–water partition coefficient (Wildman–Crippen LogP) is 1.10. The predicted molar refractivity (Wildman–Crippen MR) is 102 cm³/mol. The van der Waals surface area contributed by atoms with Gasteiger partial charge in [-0.1, -0.05) is 12.1 Å². The number of carbonyl (C=O) groups excluding carboxylic acids is 2. The van der Waals surface area contributed by atoms with Gasteiger partial charge in [-0.2, -0.15) is 5.10 Å². The van der Waals surface area contributed by atoms with E-state index in [2.05, 4.69) is 10.4 Å². The molecule has 0 saturated carbocycles. The van der Waals surface area contributed by atoms with Gasteiger partial charge in [0.15, 0.2) is 0 Å². The van der Waals surface area contributed by atoms with E-state index in [4.69, 9.17) is 4.74 Å². The van der Waals surface area contributed by atoms with Gasteiger partial charge in [-0.15, -0.1) is 0 Å². The Labute approximate surface area is 168 Å². The molecule has 13 heteroatoms. The smallest absolute Gasteiger partial charge is 0.318 e. The maximum Gasteiger partial charge on any atom is 0.318 e. The van der Waals surface area contributed by atoms with Crippen molar-refractivity contribution in [1.82, 2.24) is 10.7 Å². The van der Waals surface area contributed by atoms with Crippen LogP contribution in [0.15, 0.2) is 41.5 Å². The number of aromatic hydroxyl groups is 1. The lowest BCUT2D eigenvalue weighted by Crippen LogP contribution is -2.35. The number of rotatable bonds is 8. The Balaban J connectivity index is 2.03. The molecule has 0 fully saturated rings. The van der Waals surface area contributed by atoms with Gasteiger partial charge in [-0.25, -0.2) is 5.43 Å². The molecule has 30 heavy (non-hydrogen) atoms. The van der Waals surface area contributed by atoms with E-state index in [0.29, 0.717) is 11.8 Å². The number of para-hydroxylation sites is 1. The number of methoxy groups -OCH3 is 1. The zero-order valence-electron chi connectivity index (χ0n) is 15.4. The Bertz CT molecular complexity index is 1040. The molecule has 2 amide bonds. The van der Waals surface area contributed by atoms with E-state index in [1.54, 1.807) is 18.2 Å². The molecule has 156 valence electrons. The molecule has 2 rings (SSSR count). The number of nitro groups is 2. The summed E-state index contributed by atoms with van der Waals surface area (Å²) in [5.41, 5.74) is 0.355. The molecule has 2 aromatic carbocycles. The monoisotopic (exact) mass is 417 g/mol. The van der Waals surface area contributed by atoms with Gasteiger partial charge in [-0.05, 0) is 12.1 Å². The summed E-state index contributed by atoms with van der Waals surface area (Å²) < 4.78 is 5.05. The SMILES string of the molecule is COc1ccccc1C(=O)NCC(=O)NN=Cc1cc([N+](=O)[O-])cc([N+](=O)[O-])c1O. The third-order valence-corrected chi connectivity index (χ3v) is 3.67. The highest BCUT2D eigenvalue weighted by atomic mass is 16.6. The number of hydrogen-bond acceptors (Lipinski definition) is 9. The van der Waals surface area contributed by atoms with Crippen LogP contribution in [-0.4, -0.2) is 46.6 Å². The first-order chi connectivity index (χ1) is 14.2. The zero-order chi connectivity index (χ0) is 22.3. The van der Waals surface area contributed by atoms with Crippen LogP contribution in [0.1, 0.15) is 15.9 Å². The third kappa shape index (κ3) is 5.25. The van der Waals surface area contributed by atoms with Crippen molar-refractivity contribution in [2.45, 2.75) is 0 Å². The van der Waals surface area contributed by atoms with Gasteiger partial charge in [-0.3, -0.25) is 29.8 Å². The summed E-state index contributed by atoms with van der Waals surface area (Å²) in [6.45, 7) is -0.463. The Morgan fingerprint density at radius 3 is 2.53 bits per heavy atom. The molecule has 0 aromatic heterocycles.